The second-order valence-electron chi connectivity index (χ2n) is 4.10. The van der Waals surface area contributed by atoms with Gasteiger partial charge >= 0.3 is 0 Å². The average molecular weight is 246 g/mol. The zero-order valence-electron chi connectivity index (χ0n) is 8.75. The van der Waals surface area contributed by atoms with Crippen molar-refractivity contribution in [1.29, 1.82) is 0 Å². The van der Waals surface area contributed by atoms with Crippen LogP contribution in [0.1, 0.15) is 38.5 Å². The van der Waals surface area contributed by atoms with E-state index in [0.717, 1.165) is 12.5 Å². The first-order valence-electron chi connectivity index (χ1n) is 5.58. The van der Waals surface area contributed by atoms with Crippen molar-refractivity contribution in [3.05, 3.63) is 10.5 Å². The molecule has 15 heavy (non-hydrogen) atoms. The quantitative estimate of drug-likeness (QED) is 0.747. The highest BCUT2D eigenvalue weighted by molar-refractivity contribution is 7.11. The normalized spacial score (nSPS) is 18.7. The van der Waals surface area contributed by atoms with Gasteiger partial charge < -0.3 is 4.74 Å². The number of halogens is 1. The Morgan fingerprint density at radius 1 is 1.33 bits per heavy atom. The summed E-state index contributed by atoms with van der Waals surface area (Å²) in [6.45, 7) is 0.809. The fraction of sp³-hybridized carbons (Fsp3) is 0.727. The van der Waals surface area contributed by atoms with Gasteiger partial charge in [-0.2, -0.15) is 4.98 Å². The van der Waals surface area contributed by atoms with Gasteiger partial charge in [0.1, 0.15) is 5.15 Å². The Labute approximate surface area is 99.6 Å². The molecule has 1 aromatic heterocycles. The molecule has 1 saturated carbocycles. The van der Waals surface area contributed by atoms with E-state index in [1.165, 1.54) is 49.9 Å². The Bertz CT molecular complexity index is 295. The third kappa shape index (κ3) is 3.65. The van der Waals surface area contributed by atoms with Crippen LogP contribution < -0.4 is 4.74 Å². The predicted molar refractivity (Wildman–Crippen MR) is 63.8 cm³/mol. The van der Waals surface area contributed by atoms with E-state index in [9.17, 15) is 0 Å². The molecule has 0 atom stereocenters. The van der Waals surface area contributed by atoms with Crippen LogP contribution >= 0.6 is 22.9 Å². The SMILES string of the molecule is Clc1csc(OCC2CCCCCC2)n1. The summed E-state index contributed by atoms with van der Waals surface area (Å²) in [5, 5.41) is 3.06. The van der Waals surface area contributed by atoms with E-state index in [0.29, 0.717) is 10.3 Å². The zero-order chi connectivity index (χ0) is 10.5. The highest BCUT2D eigenvalue weighted by Gasteiger charge is 2.13. The fourth-order valence-corrected chi connectivity index (χ4v) is 2.82. The summed E-state index contributed by atoms with van der Waals surface area (Å²) in [7, 11) is 0. The van der Waals surface area contributed by atoms with Crippen LogP contribution in [-0.2, 0) is 0 Å². The molecule has 0 spiro atoms. The van der Waals surface area contributed by atoms with Crippen molar-refractivity contribution in [2.45, 2.75) is 38.5 Å². The first kappa shape index (κ1) is 11.2. The minimum atomic E-state index is 0.538. The lowest BCUT2D eigenvalue weighted by atomic mass is 10.0. The van der Waals surface area contributed by atoms with E-state index in [-0.39, 0.29) is 0 Å². The molecule has 2 nitrogen and oxygen atoms in total. The predicted octanol–water partition coefficient (Wildman–Crippen LogP) is 4.15. The number of nitrogens with zero attached hydrogens (tertiary/aromatic N) is 1. The molecule has 1 aliphatic carbocycles. The van der Waals surface area contributed by atoms with Crippen LogP contribution in [-0.4, -0.2) is 11.6 Å². The summed E-state index contributed by atoms with van der Waals surface area (Å²) >= 11 is 7.21. The third-order valence-corrected chi connectivity index (χ3v) is 3.95. The average Bonchev–Trinajstić information content (AvgIpc) is 2.52. The summed E-state index contributed by atoms with van der Waals surface area (Å²) in [4.78, 5) is 4.08. The van der Waals surface area contributed by atoms with Gasteiger partial charge in [-0.05, 0) is 18.8 Å². The molecule has 2 rings (SSSR count). The van der Waals surface area contributed by atoms with Gasteiger partial charge in [0.25, 0.3) is 5.19 Å². The van der Waals surface area contributed by atoms with Gasteiger partial charge in [-0.25, -0.2) is 0 Å². The highest BCUT2D eigenvalue weighted by atomic mass is 35.5. The van der Waals surface area contributed by atoms with E-state index >= 15 is 0 Å². The van der Waals surface area contributed by atoms with Crippen molar-refractivity contribution in [1.82, 2.24) is 4.98 Å². The van der Waals surface area contributed by atoms with Crippen molar-refractivity contribution in [3.63, 3.8) is 0 Å². The Morgan fingerprint density at radius 2 is 2.07 bits per heavy atom. The monoisotopic (exact) mass is 245 g/mol. The molecule has 0 aliphatic heterocycles. The molecule has 1 heterocycles. The van der Waals surface area contributed by atoms with Crippen LogP contribution in [0.5, 0.6) is 5.19 Å². The van der Waals surface area contributed by atoms with Crippen LogP contribution in [0.4, 0.5) is 0 Å². The molecule has 1 fully saturated rings. The number of aromatic nitrogens is 1. The lowest BCUT2D eigenvalue weighted by molar-refractivity contribution is 0.233. The van der Waals surface area contributed by atoms with Gasteiger partial charge in [-0.1, -0.05) is 48.6 Å². The van der Waals surface area contributed by atoms with Crippen molar-refractivity contribution in [2.24, 2.45) is 5.92 Å². The van der Waals surface area contributed by atoms with E-state index in [2.05, 4.69) is 4.98 Å². The van der Waals surface area contributed by atoms with Crippen LogP contribution in [0, 0.1) is 5.92 Å². The maximum Gasteiger partial charge on any atom is 0.274 e. The summed E-state index contributed by atoms with van der Waals surface area (Å²) in [6.07, 6.45) is 8.09. The Balaban J connectivity index is 1.76. The maximum atomic E-state index is 5.73. The highest BCUT2D eigenvalue weighted by Crippen LogP contribution is 2.26. The molecule has 0 radical (unpaired) electrons. The first-order valence-corrected chi connectivity index (χ1v) is 6.84. The van der Waals surface area contributed by atoms with E-state index < -0.39 is 0 Å². The van der Waals surface area contributed by atoms with Crippen molar-refractivity contribution in [2.75, 3.05) is 6.61 Å². The second kappa shape index (κ2) is 5.71. The molecule has 0 N–H and O–H groups in total. The molecule has 0 unspecified atom stereocenters. The Kier molecular flexibility index (Phi) is 4.27. The number of hydrogen-bond acceptors (Lipinski definition) is 3. The van der Waals surface area contributed by atoms with Crippen LogP contribution in [0.3, 0.4) is 0 Å². The third-order valence-electron chi connectivity index (χ3n) is 2.87. The van der Waals surface area contributed by atoms with E-state index in [1.807, 2.05) is 5.38 Å². The van der Waals surface area contributed by atoms with Crippen LogP contribution in [0.25, 0.3) is 0 Å². The molecule has 1 aliphatic rings. The molecular weight excluding hydrogens is 230 g/mol. The number of ether oxygens (including phenoxy) is 1. The number of hydrogen-bond donors (Lipinski definition) is 0. The lowest BCUT2D eigenvalue weighted by Gasteiger charge is -2.13. The molecule has 1 aromatic rings. The van der Waals surface area contributed by atoms with E-state index in [1.54, 1.807) is 0 Å². The molecule has 0 bridgehead atoms. The number of rotatable bonds is 3. The van der Waals surface area contributed by atoms with Gasteiger partial charge in [0, 0.05) is 5.38 Å². The largest absolute Gasteiger partial charge is 0.470 e. The molecule has 4 heteroatoms. The van der Waals surface area contributed by atoms with Crippen molar-refractivity contribution < 1.29 is 4.74 Å². The molecule has 84 valence electrons. The summed E-state index contributed by atoms with van der Waals surface area (Å²) in [5.41, 5.74) is 0. The Morgan fingerprint density at radius 3 is 2.67 bits per heavy atom. The summed E-state index contributed by atoms with van der Waals surface area (Å²) in [6, 6.07) is 0. The lowest BCUT2D eigenvalue weighted by Crippen LogP contribution is -2.10. The zero-order valence-corrected chi connectivity index (χ0v) is 10.3. The van der Waals surface area contributed by atoms with Gasteiger partial charge in [0.15, 0.2) is 0 Å². The Hall–Kier alpha value is -0.280. The molecular formula is C11H16ClNOS. The smallest absolute Gasteiger partial charge is 0.274 e. The van der Waals surface area contributed by atoms with Gasteiger partial charge in [-0.3, -0.25) is 0 Å². The fourth-order valence-electron chi connectivity index (χ4n) is 2.02. The van der Waals surface area contributed by atoms with Crippen LogP contribution in [0.15, 0.2) is 5.38 Å². The summed E-state index contributed by atoms with van der Waals surface area (Å²) in [5.74, 6) is 0.718. The minimum Gasteiger partial charge on any atom is -0.470 e. The number of thiazole rings is 1. The van der Waals surface area contributed by atoms with Crippen LogP contribution in [0.2, 0.25) is 5.15 Å². The van der Waals surface area contributed by atoms with Gasteiger partial charge in [0.05, 0.1) is 6.61 Å². The topological polar surface area (TPSA) is 22.1 Å². The molecule has 0 amide bonds. The first-order chi connectivity index (χ1) is 7.34. The van der Waals surface area contributed by atoms with Crippen molar-refractivity contribution in [3.8, 4) is 5.19 Å². The van der Waals surface area contributed by atoms with E-state index in [4.69, 9.17) is 16.3 Å². The summed E-state index contributed by atoms with van der Waals surface area (Å²) < 4.78 is 5.64. The molecule has 0 saturated heterocycles. The maximum absolute atomic E-state index is 5.73. The standard InChI is InChI=1S/C11H16ClNOS/c12-10-8-15-11(13-10)14-7-9-5-3-1-2-4-6-9/h8-9H,1-7H2. The minimum absolute atomic E-state index is 0.538. The van der Waals surface area contributed by atoms with Gasteiger partial charge in [-0.15, -0.1) is 0 Å². The molecule has 0 aromatic carbocycles. The van der Waals surface area contributed by atoms with Gasteiger partial charge in [0.2, 0.25) is 0 Å². The van der Waals surface area contributed by atoms with Crippen molar-refractivity contribution >= 4 is 22.9 Å². The second-order valence-corrected chi connectivity index (χ2v) is 5.31.